The largest absolute Gasteiger partial charge is 0.478 e. The molecule has 3 rings (SSSR count). The number of rotatable bonds is 3. The van der Waals surface area contributed by atoms with Crippen LogP contribution in [0.15, 0.2) is 36.4 Å². The lowest BCUT2D eigenvalue weighted by Crippen LogP contribution is -2.14. The zero-order chi connectivity index (χ0) is 24.1. The number of amides is 1. The van der Waals surface area contributed by atoms with Crippen LogP contribution in [-0.2, 0) is 5.41 Å². The van der Waals surface area contributed by atoms with E-state index in [1.807, 2.05) is 24.3 Å². The first-order chi connectivity index (χ1) is 14.9. The summed E-state index contributed by atoms with van der Waals surface area (Å²) in [6, 6.07) is 10.2. The number of carboxylic acid groups (broad SMARTS) is 1. The Hall–Kier alpha value is -2.52. The summed E-state index contributed by atoms with van der Waals surface area (Å²) in [5.74, 6) is -1.55. The summed E-state index contributed by atoms with van der Waals surface area (Å²) in [5, 5.41) is 25.0. The van der Waals surface area contributed by atoms with E-state index in [2.05, 4.69) is 46.5 Å². The molecule has 0 spiro atoms. The topological polar surface area (TPSA) is 118 Å². The van der Waals surface area contributed by atoms with Gasteiger partial charge in [-0.15, -0.1) is 20.4 Å². The average molecular weight is 517 g/mol. The molecule has 0 atom stereocenters. The van der Waals surface area contributed by atoms with Gasteiger partial charge >= 0.3 is 5.97 Å². The maximum atomic E-state index is 12.1. The first-order valence-corrected chi connectivity index (χ1v) is 10.4. The Labute approximate surface area is 203 Å². The molecule has 8 nitrogen and oxygen atoms in total. The first-order valence-electron chi connectivity index (χ1n) is 8.91. The molecule has 3 aromatic rings. The number of anilines is 1. The van der Waals surface area contributed by atoms with Crippen molar-refractivity contribution in [3.8, 4) is 0 Å². The number of hydrogen-bond donors (Lipinski definition) is 2. The van der Waals surface area contributed by atoms with Crippen LogP contribution >= 0.6 is 46.4 Å². The van der Waals surface area contributed by atoms with E-state index >= 15 is 0 Å². The minimum absolute atomic E-state index is 0.00630. The monoisotopic (exact) mass is 515 g/mol. The Morgan fingerprint density at radius 1 is 0.812 bits per heavy atom. The Bertz CT molecular complexity index is 1140. The molecule has 0 radical (unpaired) electrons. The van der Waals surface area contributed by atoms with Gasteiger partial charge in [-0.25, -0.2) is 4.79 Å². The molecule has 2 heterocycles. The lowest BCUT2D eigenvalue weighted by molar-refractivity contribution is 0.0696. The summed E-state index contributed by atoms with van der Waals surface area (Å²) < 4.78 is 0. The second kappa shape index (κ2) is 10.9. The molecule has 0 saturated carbocycles. The maximum Gasteiger partial charge on any atom is 0.339 e. The minimum Gasteiger partial charge on any atom is -0.478 e. The predicted octanol–water partition coefficient (Wildman–Crippen LogP) is 5.81. The fourth-order valence-corrected chi connectivity index (χ4v) is 2.91. The van der Waals surface area contributed by atoms with Crippen LogP contribution in [0.25, 0.3) is 0 Å². The molecule has 32 heavy (non-hydrogen) atoms. The highest BCUT2D eigenvalue weighted by molar-refractivity contribution is 6.34. The minimum atomic E-state index is -1.17. The molecule has 0 unspecified atom stereocenters. The number of hydrogen-bond acceptors (Lipinski definition) is 6. The smallest absolute Gasteiger partial charge is 0.339 e. The van der Waals surface area contributed by atoms with Gasteiger partial charge in [0.1, 0.15) is 5.56 Å². The number of carboxylic acids is 1. The molecule has 2 aromatic heterocycles. The van der Waals surface area contributed by atoms with Crippen molar-refractivity contribution in [3.63, 3.8) is 0 Å². The van der Waals surface area contributed by atoms with E-state index < -0.39 is 5.97 Å². The molecule has 0 aliphatic carbocycles. The third-order valence-corrected chi connectivity index (χ3v) is 4.85. The quantitative estimate of drug-likeness (QED) is 0.450. The fraction of sp³-hybridized carbons (Fsp3) is 0.200. The first kappa shape index (κ1) is 25.7. The third kappa shape index (κ3) is 7.27. The van der Waals surface area contributed by atoms with Crippen molar-refractivity contribution >= 4 is 64.0 Å². The van der Waals surface area contributed by atoms with Gasteiger partial charge < -0.3 is 10.4 Å². The summed E-state index contributed by atoms with van der Waals surface area (Å²) >= 11 is 22.3. The molecule has 0 aliphatic heterocycles. The Morgan fingerprint density at radius 2 is 1.28 bits per heavy atom. The molecule has 168 valence electrons. The van der Waals surface area contributed by atoms with Crippen molar-refractivity contribution in [3.05, 3.63) is 73.7 Å². The highest BCUT2D eigenvalue weighted by Crippen LogP contribution is 2.24. The molecule has 0 aliphatic rings. The van der Waals surface area contributed by atoms with Gasteiger partial charge in [0.2, 0.25) is 0 Å². The molecule has 2 N–H and O–H groups in total. The second-order valence-electron chi connectivity index (χ2n) is 7.33. The summed E-state index contributed by atoms with van der Waals surface area (Å²) in [6.07, 6.45) is 0. The SMILES string of the molecule is CC(C)(C)c1ccc(NC(=O)c2cc(Cl)nnc2Cl)cc1.O=C(O)c1cc(Cl)nnc1Cl. The van der Waals surface area contributed by atoms with Crippen LogP contribution in [0.1, 0.15) is 47.1 Å². The Kier molecular flexibility index (Phi) is 8.74. The summed E-state index contributed by atoms with van der Waals surface area (Å²) in [4.78, 5) is 22.5. The van der Waals surface area contributed by atoms with E-state index in [1.165, 1.54) is 11.6 Å². The van der Waals surface area contributed by atoms with Crippen LogP contribution < -0.4 is 5.32 Å². The highest BCUT2D eigenvalue weighted by Gasteiger charge is 2.15. The van der Waals surface area contributed by atoms with Gasteiger partial charge in [-0.05, 0) is 35.2 Å². The number of nitrogens with one attached hydrogen (secondary N) is 1. The molecule has 0 saturated heterocycles. The standard InChI is InChI=1S/C15H15Cl2N3O.C5H2Cl2N2O2/c1-15(2,3)9-4-6-10(7-5-9)18-14(21)11-8-12(16)19-20-13(11)17;6-3-1-2(5(10)11)4(7)9-8-3/h4-8H,1-3H3,(H,18,21);1H,(H,10,11). The van der Waals surface area contributed by atoms with Crippen LogP contribution in [0.4, 0.5) is 5.69 Å². The van der Waals surface area contributed by atoms with Crippen LogP contribution in [0.3, 0.4) is 0 Å². The predicted molar refractivity (Wildman–Crippen MR) is 124 cm³/mol. The average Bonchev–Trinajstić information content (AvgIpc) is 2.71. The van der Waals surface area contributed by atoms with Crippen molar-refractivity contribution in [2.45, 2.75) is 26.2 Å². The number of benzene rings is 1. The zero-order valence-corrected chi connectivity index (χ0v) is 20.1. The van der Waals surface area contributed by atoms with E-state index in [9.17, 15) is 9.59 Å². The van der Waals surface area contributed by atoms with Crippen molar-refractivity contribution in [1.29, 1.82) is 0 Å². The lowest BCUT2D eigenvalue weighted by atomic mass is 9.87. The summed E-state index contributed by atoms with van der Waals surface area (Å²) in [6.45, 7) is 6.39. The van der Waals surface area contributed by atoms with Gasteiger partial charge in [0.25, 0.3) is 5.91 Å². The lowest BCUT2D eigenvalue weighted by Gasteiger charge is -2.19. The number of carbonyl (C=O) groups excluding carboxylic acids is 1. The number of aromatic nitrogens is 4. The van der Waals surface area contributed by atoms with E-state index in [4.69, 9.17) is 51.5 Å². The van der Waals surface area contributed by atoms with Crippen molar-refractivity contribution in [2.24, 2.45) is 0 Å². The van der Waals surface area contributed by atoms with E-state index in [-0.39, 0.29) is 43.1 Å². The van der Waals surface area contributed by atoms with Gasteiger partial charge in [-0.3, -0.25) is 4.79 Å². The molecular formula is C20H17Cl4N5O3. The maximum absolute atomic E-state index is 12.1. The van der Waals surface area contributed by atoms with Gasteiger partial charge in [-0.2, -0.15) is 0 Å². The van der Waals surface area contributed by atoms with Gasteiger partial charge in [0, 0.05) is 5.69 Å². The van der Waals surface area contributed by atoms with Crippen LogP contribution in [0.5, 0.6) is 0 Å². The Morgan fingerprint density at radius 3 is 1.72 bits per heavy atom. The van der Waals surface area contributed by atoms with Crippen molar-refractivity contribution in [2.75, 3.05) is 5.32 Å². The molecule has 0 bridgehead atoms. The molecule has 1 aromatic carbocycles. The number of halogens is 4. The van der Waals surface area contributed by atoms with Gasteiger partial charge in [0.05, 0.1) is 5.56 Å². The number of aromatic carboxylic acids is 1. The fourth-order valence-electron chi connectivity index (χ4n) is 2.27. The van der Waals surface area contributed by atoms with E-state index in [0.717, 1.165) is 6.07 Å². The number of carbonyl (C=O) groups is 2. The van der Waals surface area contributed by atoms with Gasteiger partial charge in [0.15, 0.2) is 20.6 Å². The van der Waals surface area contributed by atoms with Crippen molar-refractivity contribution in [1.82, 2.24) is 20.4 Å². The molecular weight excluding hydrogens is 500 g/mol. The van der Waals surface area contributed by atoms with Crippen LogP contribution in [0.2, 0.25) is 20.6 Å². The Balaban J connectivity index is 0.000000278. The second-order valence-corrected chi connectivity index (χ2v) is 8.82. The van der Waals surface area contributed by atoms with Crippen LogP contribution in [0, 0.1) is 0 Å². The van der Waals surface area contributed by atoms with Crippen molar-refractivity contribution < 1.29 is 14.7 Å². The number of nitrogens with zero attached hydrogens (tertiary/aromatic N) is 4. The normalized spacial score (nSPS) is 10.7. The summed E-state index contributed by atoms with van der Waals surface area (Å²) in [5.41, 5.74) is 1.97. The van der Waals surface area contributed by atoms with E-state index in [1.54, 1.807) is 0 Å². The van der Waals surface area contributed by atoms with Crippen LogP contribution in [-0.4, -0.2) is 37.4 Å². The van der Waals surface area contributed by atoms with E-state index in [0.29, 0.717) is 5.69 Å². The third-order valence-electron chi connectivity index (χ3n) is 3.92. The zero-order valence-electron chi connectivity index (χ0n) is 17.0. The van der Waals surface area contributed by atoms with Gasteiger partial charge in [-0.1, -0.05) is 79.3 Å². The summed E-state index contributed by atoms with van der Waals surface area (Å²) in [7, 11) is 0. The molecule has 12 heteroatoms. The molecule has 1 amide bonds. The highest BCUT2D eigenvalue weighted by atomic mass is 35.5. The molecule has 0 fully saturated rings.